The van der Waals surface area contributed by atoms with Gasteiger partial charge in [0.05, 0.1) is 6.04 Å². The van der Waals surface area contributed by atoms with Crippen molar-refractivity contribution in [3.05, 3.63) is 48.3 Å². The summed E-state index contributed by atoms with van der Waals surface area (Å²) in [6.07, 6.45) is 3.44. The molecule has 3 amide bonds. The van der Waals surface area contributed by atoms with E-state index in [4.69, 9.17) is 0 Å². The van der Waals surface area contributed by atoms with Gasteiger partial charge in [0.25, 0.3) is 0 Å². The van der Waals surface area contributed by atoms with Crippen LogP contribution in [0.4, 0.5) is 16.4 Å². The molecule has 8 nitrogen and oxygen atoms in total. The van der Waals surface area contributed by atoms with Gasteiger partial charge >= 0.3 is 6.03 Å². The number of carbonyl (C=O) groups is 2. The average Bonchev–Trinajstić information content (AvgIpc) is 2.68. The first kappa shape index (κ1) is 18.6. The second kappa shape index (κ2) is 8.48. The lowest BCUT2D eigenvalue weighted by molar-refractivity contribution is -0.114. The molecule has 8 heteroatoms. The molecule has 0 radical (unpaired) electrons. The first-order valence-corrected chi connectivity index (χ1v) is 8.98. The lowest BCUT2D eigenvalue weighted by Crippen LogP contribution is -2.52. The van der Waals surface area contributed by atoms with Gasteiger partial charge in [0.1, 0.15) is 0 Å². The molecule has 1 aromatic carbocycles. The Labute approximate surface area is 158 Å². The van der Waals surface area contributed by atoms with E-state index in [-0.39, 0.29) is 18.0 Å². The zero-order valence-corrected chi connectivity index (χ0v) is 15.6. The van der Waals surface area contributed by atoms with Gasteiger partial charge in [0.2, 0.25) is 11.9 Å². The topological polar surface area (TPSA) is 90.5 Å². The maximum Gasteiger partial charge on any atom is 0.317 e. The van der Waals surface area contributed by atoms with Crippen LogP contribution in [0.1, 0.15) is 25.5 Å². The van der Waals surface area contributed by atoms with Gasteiger partial charge in [0, 0.05) is 51.2 Å². The summed E-state index contributed by atoms with van der Waals surface area (Å²) in [5.74, 6) is 0.574. The minimum atomic E-state index is -0.165. The number of carbonyl (C=O) groups excluding carboxylic acids is 2. The number of rotatable bonds is 4. The molecule has 1 fully saturated rings. The molecular formula is C19H24N6O2. The van der Waals surface area contributed by atoms with Crippen molar-refractivity contribution in [3.63, 3.8) is 0 Å². The summed E-state index contributed by atoms with van der Waals surface area (Å²) in [5.41, 5.74) is 1.66. The van der Waals surface area contributed by atoms with E-state index in [1.807, 2.05) is 31.2 Å². The van der Waals surface area contributed by atoms with E-state index < -0.39 is 0 Å². The zero-order valence-electron chi connectivity index (χ0n) is 15.6. The third kappa shape index (κ3) is 4.93. The number of nitrogens with one attached hydrogen (secondary N) is 2. The Balaban J connectivity index is 1.54. The first-order chi connectivity index (χ1) is 13.0. The lowest BCUT2D eigenvalue weighted by atomic mass is 10.1. The van der Waals surface area contributed by atoms with Crippen LogP contribution in [0.15, 0.2) is 42.7 Å². The molecule has 3 rings (SSSR count). The van der Waals surface area contributed by atoms with E-state index in [9.17, 15) is 9.59 Å². The van der Waals surface area contributed by atoms with Crippen molar-refractivity contribution in [2.75, 3.05) is 36.4 Å². The van der Waals surface area contributed by atoms with Crippen molar-refractivity contribution in [2.45, 2.75) is 19.9 Å². The maximum absolute atomic E-state index is 12.6. The summed E-state index contributed by atoms with van der Waals surface area (Å²) in [6, 6.07) is 9.02. The molecule has 0 spiro atoms. The quantitative estimate of drug-likeness (QED) is 0.862. The summed E-state index contributed by atoms with van der Waals surface area (Å²) >= 11 is 0. The fraction of sp³-hybridized carbons (Fsp3) is 0.368. The minimum absolute atomic E-state index is 0.0962. The molecule has 0 aliphatic carbocycles. The largest absolute Gasteiger partial charge is 0.337 e. The SMILES string of the molecule is CC(=O)Nc1cccc([C@@H](C)NC(=O)N2CCN(c3ncccn3)CC2)c1. The van der Waals surface area contributed by atoms with Gasteiger partial charge in [0.15, 0.2) is 0 Å². The van der Waals surface area contributed by atoms with Crippen molar-refractivity contribution in [1.29, 1.82) is 0 Å². The van der Waals surface area contributed by atoms with Crippen LogP contribution in [0.2, 0.25) is 0 Å². The molecule has 2 heterocycles. The van der Waals surface area contributed by atoms with Gasteiger partial charge in [-0.2, -0.15) is 0 Å². The number of aromatic nitrogens is 2. The van der Waals surface area contributed by atoms with Crippen molar-refractivity contribution < 1.29 is 9.59 Å². The minimum Gasteiger partial charge on any atom is -0.337 e. The lowest BCUT2D eigenvalue weighted by Gasteiger charge is -2.35. The second-order valence-electron chi connectivity index (χ2n) is 6.50. The molecule has 0 bridgehead atoms. The Bertz CT molecular complexity index is 790. The number of amides is 3. The molecular weight excluding hydrogens is 344 g/mol. The summed E-state index contributed by atoms with van der Waals surface area (Å²) in [6.45, 7) is 6.02. The number of hydrogen-bond donors (Lipinski definition) is 2. The molecule has 1 aromatic heterocycles. The normalized spacial score (nSPS) is 15.2. The Morgan fingerprint density at radius 1 is 1.07 bits per heavy atom. The van der Waals surface area contributed by atoms with Crippen LogP contribution in [0.3, 0.4) is 0 Å². The van der Waals surface area contributed by atoms with Crippen LogP contribution in [-0.4, -0.2) is 53.0 Å². The molecule has 2 aromatic rings. The Kier molecular flexibility index (Phi) is 5.85. The fourth-order valence-electron chi connectivity index (χ4n) is 3.01. The van der Waals surface area contributed by atoms with E-state index in [1.54, 1.807) is 23.4 Å². The average molecular weight is 368 g/mol. The highest BCUT2D eigenvalue weighted by molar-refractivity contribution is 5.88. The predicted molar refractivity (Wildman–Crippen MR) is 104 cm³/mol. The zero-order chi connectivity index (χ0) is 19.2. The van der Waals surface area contributed by atoms with E-state index >= 15 is 0 Å². The van der Waals surface area contributed by atoms with Gasteiger partial charge in [-0.1, -0.05) is 12.1 Å². The standard InChI is InChI=1S/C19H24N6O2/c1-14(16-5-3-6-17(13-16)23-15(2)26)22-19(27)25-11-9-24(10-12-25)18-20-7-4-8-21-18/h3-8,13-14H,9-12H2,1-2H3,(H,22,27)(H,23,26)/t14-/m1/s1. The van der Waals surface area contributed by atoms with Crippen LogP contribution in [0.25, 0.3) is 0 Å². The summed E-state index contributed by atoms with van der Waals surface area (Å²) in [7, 11) is 0. The highest BCUT2D eigenvalue weighted by Gasteiger charge is 2.23. The number of piperazine rings is 1. The third-order valence-corrected chi connectivity index (χ3v) is 4.45. The smallest absolute Gasteiger partial charge is 0.317 e. The van der Waals surface area contributed by atoms with Gasteiger partial charge in [-0.05, 0) is 30.7 Å². The van der Waals surface area contributed by atoms with Crippen LogP contribution < -0.4 is 15.5 Å². The molecule has 0 saturated carbocycles. The van der Waals surface area contributed by atoms with Gasteiger partial charge in [-0.3, -0.25) is 4.79 Å². The van der Waals surface area contributed by atoms with Crippen LogP contribution >= 0.6 is 0 Å². The highest BCUT2D eigenvalue weighted by atomic mass is 16.2. The van der Waals surface area contributed by atoms with Crippen molar-refractivity contribution >= 4 is 23.6 Å². The summed E-state index contributed by atoms with van der Waals surface area (Å²) in [4.78, 5) is 36.2. The molecule has 1 saturated heterocycles. The summed E-state index contributed by atoms with van der Waals surface area (Å²) in [5, 5.41) is 5.78. The number of urea groups is 1. The van der Waals surface area contributed by atoms with Gasteiger partial charge in [-0.15, -0.1) is 0 Å². The molecule has 27 heavy (non-hydrogen) atoms. The fourth-order valence-corrected chi connectivity index (χ4v) is 3.01. The number of hydrogen-bond acceptors (Lipinski definition) is 5. The third-order valence-electron chi connectivity index (χ3n) is 4.45. The monoisotopic (exact) mass is 368 g/mol. The molecule has 1 atom stereocenters. The second-order valence-corrected chi connectivity index (χ2v) is 6.50. The van der Waals surface area contributed by atoms with Crippen LogP contribution in [0, 0.1) is 0 Å². The Morgan fingerprint density at radius 3 is 2.44 bits per heavy atom. The van der Waals surface area contributed by atoms with Crippen LogP contribution in [0.5, 0.6) is 0 Å². The van der Waals surface area contributed by atoms with E-state index in [0.717, 1.165) is 11.3 Å². The van der Waals surface area contributed by atoms with E-state index in [2.05, 4.69) is 25.5 Å². The molecule has 1 aliphatic heterocycles. The Morgan fingerprint density at radius 2 is 1.78 bits per heavy atom. The predicted octanol–water partition coefficient (Wildman–Crippen LogP) is 2.03. The van der Waals surface area contributed by atoms with Gasteiger partial charge < -0.3 is 20.4 Å². The van der Waals surface area contributed by atoms with E-state index in [0.29, 0.717) is 32.1 Å². The molecule has 0 unspecified atom stereocenters. The summed E-state index contributed by atoms with van der Waals surface area (Å²) < 4.78 is 0. The van der Waals surface area contributed by atoms with Crippen LogP contribution in [-0.2, 0) is 4.79 Å². The van der Waals surface area contributed by atoms with E-state index in [1.165, 1.54) is 6.92 Å². The highest BCUT2D eigenvalue weighted by Crippen LogP contribution is 2.18. The van der Waals surface area contributed by atoms with Crippen molar-refractivity contribution in [3.8, 4) is 0 Å². The van der Waals surface area contributed by atoms with Crippen molar-refractivity contribution in [1.82, 2.24) is 20.2 Å². The first-order valence-electron chi connectivity index (χ1n) is 8.98. The molecule has 142 valence electrons. The van der Waals surface area contributed by atoms with Gasteiger partial charge in [-0.25, -0.2) is 14.8 Å². The number of nitrogens with zero attached hydrogens (tertiary/aromatic N) is 4. The molecule has 2 N–H and O–H groups in total. The maximum atomic E-state index is 12.6. The van der Waals surface area contributed by atoms with Crippen molar-refractivity contribution in [2.24, 2.45) is 0 Å². The Hall–Kier alpha value is -3.16. The number of benzene rings is 1. The number of anilines is 2. The molecule has 1 aliphatic rings.